The Balaban J connectivity index is 0.000000269. The van der Waals surface area contributed by atoms with Crippen molar-refractivity contribution in [2.45, 2.75) is 116 Å². The van der Waals surface area contributed by atoms with Crippen LogP contribution in [0.15, 0.2) is 158 Å². The number of para-hydroxylation sites is 2. The molecule has 2 aromatic heterocycles. The molecule has 2 amide bonds. The van der Waals surface area contributed by atoms with Gasteiger partial charge in [-0.25, -0.2) is 17.6 Å². The molecule has 4 unspecified atom stereocenters. The average Bonchev–Trinajstić information content (AvgIpc) is 2.04. The Bertz CT molecular complexity index is 3270. The summed E-state index contributed by atoms with van der Waals surface area (Å²) in [4.78, 5) is 49.8. The van der Waals surface area contributed by atoms with Crippen LogP contribution < -0.4 is 20.8 Å². The van der Waals surface area contributed by atoms with Crippen LogP contribution in [-0.2, 0) is 22.7 Å². The van der Waals surface area contributed by atoms with Gasteiger partial charge in [-0.1, -0.05) is 88.4 Å². The topological polar surface area (TPSA) is 229 Å². The first kappa shape index (κ1) is 66.7. The van der Waals surface area contributed by atoms with E-state index in [4.69, 9.17) is 0 Å². The molecule has 0 bridgehead atoms. The molecule has 0 radical (unpaired) electrons. The van der Waals surface area contributed by atoms with Crippen molar-refractivity contribution in [1.82, 2.24) is 9.13 Å². The van der Waals surface area contributed by atoms with Crippen molar-refractivity contribution in [3.63, 3.8) is 0 Å². The molecule has 8 rings (SSSR count). The number of aromatic nitrogens is 2. The molecule has 19 heteroatoms. The number of carbonyl (C=O) groups is 4. The molecule has 0 fully saturated rings. The summed E-state index contributed by atoms with van der Waals surface area (Å²) < 4.78 is 59.8. The van der Waals surface area contributed by atoms with Crippen LogP contribution in [-0.4, -0.2) is 115 Å². The minimum Gasteiger partial charge on any atom is -0.550 e. The van der Waals surface area contributed by atoms with Crippen LogP contribution in [0.25, 0.3) is 44.8 Å². The Kier molecular flexibility index (Phi) is 24.4. The van der Waals surface area contributed by atoms with Crippen molar-refractivity contribution in [3.05, 3.63) is 204 Å². The first-order chi connectivity index (χ1) is 40.1. The molecule has 0 saturated carbocycles. The number of carboxylic acid groups (broad SMARTS) is 2. The molecule has 440 valence electrons. The monoisotopic (exact) mass is 1190 g/mol. The number of benzene rings is 6. The number of halogens is 4. The van der Waals surface area contributed by atoms with Gasteiger partial charge in [-0.15, -0.1) is 0 Å². The number of hydrogen-bond donors (Lipinski definition) is 6. The smallest absolute Gasteiger partial charge is 0.550 e. The predicted molar refractivity (Wildman–Crippen MR) is 315 cm³/mol. The molecular formula is C66H66CaF4N4O10. The fraction of sp³-hybridized carbons (Fsp3) is 0.273. The van der Waals surface area contributed by atoms with Gasteiger partial charge in [0.2, 0.25) is 0 Å². The third kappa shape index (κ3) is 17.8. The van der Waals surface area contributed by atoms with E-state index < -0.39 is 84.3 Å². The number of amides is 2. The second-order valence-corrected chi connectivity index (χ2v) is 21.1. The Morgan fingerprint density at radius 1 is 0.435 bits per heavy atom. The van der Waals surface area contributed by atoms with E-state index in [0.29, 0.717) is 78.7 Å². The van der Waals surface area contributed by atoms with E-state index in [1.165, 1.54) is 48.5 Å². The Morgan fingerprint density at radius 2 is 0.718 bits per heavy atom. The number of carboxylic acids is 2. The maximum absolute atomic E-state index is 14.0. The van der Waals surface area contributed by atoms with Gasteiger partial charge in [-0.3, -0.25) is 9.59 Å². The summed E-state index contributed by atoms with van der Waals surface area (Å²) in [6, 6.07) is 41.0. The number of anilines is 2. The summed E-state index contributed by atoms with van der Waals surface area (Å²) in [6.07, 6.45) is -5.99. The molecule has 6 N–H and O–H groups in total. The predicted octanol–water partition coefficient (Wildman–Crippen LogP) is 9.86. The van der Waals surface area contributed by atoms with E-state index in [1.807, 2.05) is 49.0 Å². The largest absolute Gasteiger partial charge is 2.00 e. The maximum atomic E-state index is 14.0. The van der Waals surface area contributed by atoms with Gasteiger partial charge in [0.1, 0.15) is 23.3 Å². The Morgan fingerprint density at radius 3 is 0.988 bits per heavy atom. The number of carbonyl (C=O) groups excluding carboxylic acids is 4. The van der Waals surface area contributed by atoms with Crippen LogP contribution in [0, 0.1) is 23.3 Å². The molecule has 0 aliphatic carbocycles. The number of aliphatic carboxylic acids is 2. The third-order valence-electron chi connectivity index (χ3n) is 14.0. The van der Waals surface area contributed by atoms with E-state index >= 15 is 0 Å². The minimum atomic E-state index is -1.42. The molecule has 0 aliphatic rings. The first-order valence-corrected chi connectivity index (χ1v) is 27.5. The maximum Gasteiger partial charge on any atom is 2.00 e. The molecule has 85 heavy (non-hydrogen) atoms. The minimum absolute atomic E-state index is 0. The molecule has 8 aromatic rings. The van der Waals surface area contributed by atoms with Gasteiger partial charge < -0.3 is 60.0 Å². The summed E-state index contributed by atoms with van der Waals surface area (Å²) in [5, 5.41) is 69.0. The summed E-state index contributed by atoms with van der Waals surface area (Å²) >= 11 is 0. The van der Waals surface area contributed by atoms with Crippen LogP contribution in [0.5, 0.6) is 0 Å². The van der Waals surface area contributed by atoms with E-state index in [1.54, 1.807) is 97.1 Å². The van der Waals surface area contributed by atoms with Crippen LogP contribution in [0.2, 0.25) is 0 Å². The van der Waals surface area contributed by atoms with Gasteiger partial charge in [0, 0.05) is 71.8 Å². The van der Waals surface area contributed by atoms with Gasteiger partial charge in [0.25, 0.3) is 11.8 Å². The Hall–Kier alpha value is -7.42. The second-order valence-electron chi connectivity index (χ2n) is 21.1. The van der Waals surface area contributed by atoms with Crippen LogP contribution in [0.1, 0.15) is 110 Å². The molecule has 14 nitrogen and oxygen atoms in total. The van der Waals surface area contributed by atoms with Crippen molar-refractivity contribution in [2.75, 3.05) is 10.6 Å². The molecule has 0 spiro atoms. The average molecular weight is 1190 g/mol. The van der Waals surface area contributed by atoms with Gasteiger partial charge in [-0.05, 0) is 157 Å². The van der Waals surface area contributed by atoms with Gasteiger partial charge in [0.05, 0.1) is 46.9 Å². The number of nitrogens with one attached hydrogen (secondary N) is 2. The van der Waals surface area contributed by atoms with E-state index in [9.17, 15) is 67.4 Å². The number of nitrogens with zero attached hydrogens (tertiary/aromatic N) is 2. The molecule has 2 heterocycles. The second kappa shape index (κ2) is 31.1. The molecule has 4 atom stereocenters. The van der Waals surface area contributed by atoms with Crippen LogP contribution >= 0.6 is 0 Å². The molecule has 6 aromatic carbocycles. The molecule has 0 saturated heterocycles. The van der Waals surface area contributed by atoms with Crippen molar-refractivity contribution >= 4 is 72.9 Å². The van der Waals surface area contributed by atoms with Crippen LogP contribution in [0.4, 0.5) is 28.9 Å². The normalized spacial score (nSPS) is 12.6. The number of hydrogen-bond acceptors (Lipinski definition) is 10. The summed E-state index contributed by atoms with van der Waals surface area (Å²) in [7, 11) is 0. The van der Waals surface area contributed by atoms with Crippen LogP contribution in [0.3, 0.4) is 0 Å². The number of rotatable bonds is 24. The van der Waals surface area contributed by atoms with Gasteiger partial charge >= 0.3 is 37.7 Å². The summed E-state index contributed by atoms with van der Waals surface area (Å²) in [5.74, 6) is -5.79. The third-order valence-corrected chi connectivity index (χ3v) is 14.0. The van der Waals surface area contributed by atoms with Crippen molar-refractivity contribution in [2.24, 2.45) is 0 Å². The molecule has 0 aliphatic heterocycles. The zero-order chi connectivity index (χ0) is 60.8. The standard InChI is InChI=1S/2C33H34F2N2O5.Ca/c2*1-20(2)31-30(33(42)36-25-6-4-3-5-7-25)29(21-8-12-23(34)13-9-21)32(22-10-14-24(35)15-11-22)37(31)17-16-26(38)18-27(39)19-28(40)41;/h2*3-15,20,26-27,38-39H,16-19H2,1-2H3,(H,36,42)(H,40,41);/q;;+2/p-2. The zero-order valence-corrected chi connectivity index (χ0v) is 49.7. The zero-order valence-electron chi connectivity index (χ0n) is 47.5. The summed E-state index contributed by atoms with van der Waals surface area (Å²) in [5.41, 5.74) is 7.68. The number of aliphatic hydroxyl groups excluding tert-OH is 4. The van der Waals surface area contributed by atoms with Gasteiger partial charge in [0.15, 0.2) is 0 Å². The number of aliphatic hydroxyl groups is 4. The van der Waals surface area contributed by atoms with E-state index in [-0.39, 0.29) is 88.3 Å². The van der Waals surface area contributed by atoms with E-state index in [2.05, 4.69) is 10.6 Å². The summed E-state index contributed by atoms with van der Waals surface area (Å²) in [6.45, 7) is 8.07. The van der Waals surface area contributed by atoms with Crippen molar-refractivity contribution < 1.29 is 67.4 Å². The van der Waals surface area contributed by atoms with Gasteiger partial charge in [-0.2, -0.15) is 0 Å². The first-order valence-electron chi connectivity index (χ1n) is 27.5. The van der Waals surface area contributed by atoms with Crippen molar-refractivity contribution in [3.8, 4) is 44.8 Å². The SMILES string of the molecule is CC(C)c1c(C(=O)Nc2ccccc2)c(-c2ccc(F)cc2)c(-c2ccc(F)cc2)n1CCC(O)CC(O)CC(=O)[O-].CC(C)c1c(C(=O)Nc2ccccc2)c(-c2ccc(F)cc2)c(-c2ccc(F)cc2)n1CCC(O)CC(O)CC(=O)[O-].[Ca+2]. The molecular weight excluding hydrogens is 1120 g/mol. The quantitative estimate of drug-likeness (QED) is 0.0248. The fourth-order valence-corrected chi connectivity index (χ4v) is 10.4. The van der Waals surface area contributed by atoms with Crippen molar-refractivity contribution in [1.29, 1.82) is 0 Å². The fourth-order valence-electron chi connectivity index (χ4n) is 10.4. The Labute approximate surface area is 520 Å². The van der Waals surface area contributed by atoms with E-state index in [0.717, 1.165) is 0 Å².